The van der Waals surface area contributed by atoms with Crippen molar-refractivity contribution < 1.29 is 4.42 Å². The average molecular weight is 803 g/mol. The Bertz CT molecular complexity index is 2990. The number of pyridine rings is 3. The molecule has 0 radical (unpaired) electrons. The highest BCUT2D eigenvalue weighted by molar-refractivity contribution is 6.29. The molecule has 11 nitrogen and oxygen atoms in total. The first kappa shape index (κ1) is 37.7. The minimum Gasteiger partial charge on any atom is -0.443 e. The first-order valence-electron chi connectivity index (χ1n) is 19.2. The van der Waals surface area contributed by atoms with Gasteiger partial charge < -0.3 is 15.1 Å². The van der Waals surface area contributed by atoms with Crippen LogP contribution >= 0.6 is 11.6 Å². The molecule has 2 N–H and O–H groups in total. The van der Waals surface area contributed by atoms with Gasteiger partial charge in [-0.05, 0) is 76.3 Å². The second kappa shape index (κ2) is 17.7. The van der Waals surface area contributed by atoms with E-state index in [2.05, 4.69) is 76.9 Å². The van der Waals surface area contributed by atoms with Gasteiger partial charge in [0.2, 0.25) is 5.28 Å². The van der Waals surface area contributed by atoms with Crippen LogP contribution in [0.2, 0.25) is 5.28 Å². The van der Waals surface area contributed by atoms with Crippen molar-refractivity contribution in [2.75, 3.05) is 10.6 Å². The third kappa shape index (κ3) is 8.52. The Hall–Kier alpha value is -7.89. The predicted octanol–water partition coefficient (Wildman–Crippen LogP) is 11.0. The van der Waals surface area contributed by atoms with E-state index in [1.807, 2.05) is 103 Å². The van der Waals surface area contributed by atoms with Gasteiger partial charge in [-0.1, -0.05) is 97.1 Å². The van der Waals surface area contributed by atoms with Crippen LogP contribution in [0.5, 0.6) is 0 Å². The summed E-state index contributed by atoms with van der Waals surface area (Å²) < 4.78 is 5.45. The third-order valence-corrected chi connectivity index (χ3v) is 9.80. The molecule has 12 heteroatoms. The minimum absolute atomic E-state index is 0.223. The van der Waals surface area contributed by atoms with Gasteiger partial charge in [0.25, 0.3) is 0 Å². The summed E-state index contributed by atoms with van der Waals surface area (Å²) in [4.78, 5) is 35.8. The first-order valence-corrected chi connectivity index (χ1v) is 19.5. The summed E-state index contributed by atoms with van der Waals surface area (Å²) in [6, 6.07) is 46.2. The SMILES string of the molecule is Clc1nc(NCc2ccccn2)c2c(-c3ccccc3)cccc2n1.c1ccc(-c2cccc3nc(-c4cncc(-c5cnco5)c4)nc(NCc4ccccn4)c23)cc1. The average Bonchev–Trinajstić information content (AvgIpc) is 3.87. The number of nitrogens with one attached hydrogen (secondary N) is 2. The molecule has 0 bridgehead atoms. The van der Waals surface area contributed by atoms with Crippen LogP contribution in [0.15, 0.2) is 181 Å². The first-order chi connectivity index (χ1) is 29.7. The molecule has 0 aliphatic rings. The lowest BCUT2D eigenvalue weighted by Gasteiger charge is -2.14. The number of nitrogens with zero attached hydrogens (tertiary/aromatic N) is 8. The Morgan fingerprint density at radius 3 is 1.62 bits per heavy atom. The fourth-order valence-electron chi connectivity index (χ4n) is 6.85. The molecular formula is C48H35ClN10O. The lowest BCUT2D eigenvalue weighted by molar-refractivity contribution is 0.572. The predicted molar refractivity (Wildman–Crippen MR) is 237 cm³/mol. The maximum absolute atomic E-state index is 6.13. The minimum atomic E-state index is 0.223. The van der Waals surface area contributed by atoms with Crippen LogP contribution < -0.4 is 10.6 Å². The summed E-state index contributed by atoms with van der Waals surface area (Å²) in [6.07, 6.45) is 10.1. The number of fused-ring (bicyclic) bond motifs is 2. The van der Waals surface area contributed by atoms with Crippen molar-refractivity contribution in [2.24, 2.45) is 0 Å². The van der Waals surface area contributed by atoms with Crippen LogP contribution in [0.25, 0.3) is 66.8 Å². The normalized spacial score (nSPS) is 10.9. The number of anilines is 2. The largest absolute Gasteiger partial charge is 0.443 e. The summed E-state index contributed by atoms with van der Waals surface area (Å²) >= 11 is 6.13. The van der Waals surface area contributed by atoms with Gasteiger partial charge in [-0.15, -0.1) is 0 Å². The molecule has 0 aliphatic carbocycles. The van der Waals surface area contributed by atoms with Gasteiger partial charge in [0.1, 0.15) is 11.6 Å². The van der Waals surface area contributed by atoms with E-state index in [0.29, 0.717) is 30.5 Å². The van der Waals surface area contributed by atoms with Crippen molar-refractivity contribution in [1.29, 1.82) is 0 Å². The molecule has 0 fully saturated rings. The maximum Gasteiger partial charge on any atom is 0.224 e. The van der Waals surface area contributed by atoms with E-state index in [1.54, 1.807) is 31.0 Å². The molecule has 0 aliphatic heterocycles. The second-order valence-corrected chi connectivity index (χ2v) is 13.9. The van der Waals surface area contributed by atoms with Gasteiger partial charge in [-0.2, -0.15) is 0 Å². The number of halogens is 1. The molecule has 0 atom stereocenters. The topological polar surface area (TPSA) is 140 Å². The Morgan fingerprint density at radius 1 is 0.483 bits per heavy atom. The van der Waals surface area contributed by atoms with Crippen LogP contribution in [0, 0.1) is 0 Å². The summed E-state index contributed by atoms with van der Waals surface area (Å²) in [5.74, 6) is 2.65. The fraction of sp³-hybridized carbons (Fsp3) is 0.0417. The molecule has 10 rings (SSSR count). The quantitative estimate of drug-likeness (QED) is 0.128. The molecule has 6 aromatic heterocycles. The van der Waals surface area contributed by atoms with Crippen LogP contribution in [0.1, 0.15) is 11.4 Å². The highest BCUT2D eigenvalue weighted by atomic mass is 35.5. The summed E-state index contributed by atoms with van der Waals surface area (Å²) in [7, 11) is 0. The monoisotopic (exact) mass is 802 g/mol. The lowest BCUT2D eigenvalue weighted by Crippen LogP contribution is -2.06. The molecule has 4 aromatic carbocycles. The number of hydrogen-bond donors (Lipinski definition) is 2. The third-order valence-electron chi connectivity index (χ3n) is 9.63. The zero-order valence-corrected chi connectivity index (χ0v) is 32.8. The Labute approximate surface area is 350 Å². The van der Waals surface area contributed by atoms with Gasteiger partial charge in [-0.25, -0.2) is 24.9 Å². The summed E-state index contributed by atoms with van der Waals surface area (Å²) in [5.41, 5.74) is 9.44. The van der Waals surface area contributed by atoms with Crippen molar-refractivity contribution in [1.82, 2.24) is 39.9 Å². The molecule has 0 saturated heterocycles. The summed E-state index contributed by atoms with van der Waals surface area (Å²) in [5, 5.41) is 8.99. The van der Waals surface area contributed by atoms with E-state index in [9.17, 15) is 0 Å². The summed E-state index contributed by atoms with van der Waals surface area (Å²) in [6.45, 7) is 1.10. The molecule has 60 heavy (non-hydrogen) atoms. The van der Waals surface area contributed by atoms with Crippen LogP contribution in [-0.2, 0) is 13.1 Å². The Kier molecular flexibility index (Phi) is 11.1. The van der Waals surface area contributed by atoms with Gasteiger partial charge in [-0.3, -0.25) is 15.0 Å². The molecule has 0 unspecified atom stereocenters. The van der Waals surface area contributed by atoms with E-state index in [4.69, 9.17) is 26.0 Å². The van der Waals surface area contributed by atoms with E-state index >= 15 is 0 Å². The van der Waals surface area contributed by atoms with Gasteiger partial charge in [0, 0.05) is 35.9 Å². The van der Waals surface area contributed by atoms with Crippen molar-refractivity contribution in [2.45, 2.75) is 13.1 Å². The molecular weight excluding hydrogens is 768 g/mol. The van der Waals surface area contributed by atoms with Gasteiger partial charge in [0.15, 0.2) is 18.0 Å². The molecule has 10 aromatic rings. The smallest absolute Gasteiger partial charge is 0.224 e. The van der Waals surface area contributed by atoms with Crippen molar-refractivity contribution in [3.05, 3.63) is 194 Å². The molecule has 0 spiro atoms. The van der Waals surface area contributed by atoms with Crippen molar-refractivity contribution >= 4 is 45.0 Å². The standard InChI is InChI=1S/C28H20N6O.C20H15ClN4/c1-2-7-19(8-3-1)23-10-6-11-24-26(23)28(32-16-22-9-4-5-12-31-22)34-27(33-24)21-13-20(14-29-15-21)25-17-30-18-35-25;21-20-24-17-11-6-10-16(14-7-2-1-3-8-14)18(17)19(25-20)23-13-15-9-4-5-12-22-15/h1-15,17-18H,16H2,(H,32,33,34);1-12H,13H2,(H,23,24,25). The molecule has 0 saturated carbocycles. The van der Waals surface area contributed by atoms with Crippen LogP contribution in [0.4, 0.5) is 11.6 Å². The van der Waals surface area contributed by atoms with Gasteiger partial charge in [0.05, 0.1) is 52.5 Å². The van der Waals surface area contributed by atoms with E-state index < -0.39 is 0 Å². The number of aromatic nitrogens is 8. The van der Waals surface area contributed by atoms with Gasteiger partial charge >= 0.3 is 0 Å². The zero-order chi connectivity index (χ0) is 40.5. The Balaban J connectivity index is 0.000000163. The van der Waals surface area contributed by atoms with Crippen molar-refractivity contribution in [3.63, 3.8) is 0 Å². The number of hydrogen-bond acceptors (Lipinski definition) is 11. The number of benzene rings is 4. The van der Waals surface area contributed by atoms with E-state index in [-0.39, 0.29) is 5.28 Å². The molecule has 290 valence electrons. The number of oxazole rings is 1. The lowest BCUT2D eigenvalue weighted by atomic mass is 10.0. The maximum atomic E-state index is 6.13. The van der Waals surface area contributed by atoms with E-state index in [1.165, 1.54) is 6.39 Å². The molecule has 0 amide bonds. The zero-order valence-electron chi connectivity index (χ0n) is 32.0. The highest BCUT2D eigenvalue weighted by Crippen LogP contribution is 2.35. The van der Waals surface area contributed by atoms with Crippen LogP contribution in [-0.4, -0.2) is 39.9 Å². The molecule has 6 heterocycles. The second-order valence-electron chi connectivity index (χ2n) is 13.5. The van der Waals surface area contributed by atoms with Crippen molar-refractivity contribution in [3.8, 4) is 45.0 Å². The fourth-order valence-corrected chi connectivity index (χ4v) is 7.02. The highest BCUT2D eigenvalue weighted by Gasteiger charge is 2.16. The van der Waals surface area contributed by atoms with E-state index in [0.717, 1.165) is 72.4 Å². The number of rotatable bonds is 10. The van der Waals surface area contributed by atoms with Crippen LogP contribution in [0.3, 0.4) is 0 Å². The Morgan fingerprint density at radius 2 is 1.05 bits per heavy atom.